The second kappa shape index (κ2) is 9.24. The molecule has 29 heavy (non-hydrogen) atoms. The number of nitriles is 1. The third-order valence-corrected chi connectivity index (χ3v) is 5.65. The van der Waals surface area contributed by atoms with Gasteiger partial charge in [0.2, 0.25) is 15.9 Å². The molecule has 1 aliphatic heterocycles. The number of piperidine rings is 1. The van der Waals surface area contributed by atoms with E-state index in [9.17, 15) is 18.0 Å². The van der Waals surface area contributed by atoms with Crippen LogP contribution in [-0.2, 0) is 19.6 Å². The number of likely N-dealkylation sites (tertiary alicyclic amines) is 1. The maximum absolute atomic E-state index is 12.7. The number of carbonyl (C=O) groups excluding carboxylic acids is 2. The van der Waals surface area contributed by atoms with Gasteiger partial charge in [-0.1, -0.05) is 6.07 Å². The van der Waals surface area contributed by atoms with Crippen LogP contribution in [-0.4, -0.2) is 50.1 Å². The molecular weight excluding hydrogens is 396 g/mol. The molecule has 0 atom stereocenters. The van der Waals surface area contributed by atoms with Crippen molar-refractivity contribution in [3.05, 3.63) is 24.3 Å². The van der Waals surface area contributed by atoms with Crippen molar-refractivity contribution in [2.45, 2.75) is 56.6 Å². The highest BCUT2D eigenvalue weighted by molar-refractivity contribution is 7.89. The Morgan fingerprint density at radius 1 is 1.28 bits per heavy atom. The summed E-state index contributed by atoms with van der Waals surface area (Å²) in [6, 6.07) is 7.26. The van der Waals surface area contributed by atoms with E-state index in [-0.39, 0.29) is 17.4 Å². The van der Waals surface area contributed by atoms with Crippen LogP contribution >= 0.6 is 0 Å². The molecule has 1 saturated heterocycles. The van der Waals surface area contributed by atoms with Crippen molar-refractivity contribution < 1.29 is 22.7 Å². The Bertz CT molecular complexity index is 894. The highest BCUT2D eigenvalue weighted by Crippen LogP contribution is 2.19. The van der Waals surface area contributed by atoms with Gasteiger partial charge in [-0.05, 0) is 51.8 Å². The SMILES string of the molecule is CC(C)(C)OC(=O)N1CCC(NS(=O)(=O)c2cccc(NC(=O)CC#N)c2)CC1. The van der Waals surface area contributed by atoms with Crippen LogP contribution < -0.4 is 10.0 Å². The fourth-order valence-corrected chi connectivity index (χ4v) is 4.16. The molecule has 0 aliphatic carbocycles. The van der Waals surface area contributed by atoms with Crippen molar-refractivity contribution in [2.24, 2.45) is 0 Å². The molecule has 0 bridgehead atoms. The van der Waals surface area contributed by atoms with E-state index in [4.69, 9.17) is 10.00 Å². The molecule has 0 unspecified atom stereocenters. The summed E-state index contributed by atoms with van der Waals surface area (Å²) < 4.78 is 33.4. The van der Waals surface area contributed by atoms with Crippen LogP contribution in [0.25, 0.3) is 0 Å². The van der Waals surface area contributed by atoms with Gasteiger partial charge in [-0.2, -0.15) is 5.26 Å². The molecule has 1 aliphatic rings. The minimum atomic E-state index is -3.80. The molecule has 2 rings (SSSR count). The smallest absolute Gasteiger partial charge is 0.410 e. The van der Waals surface area contributed by atoms with Gasteiger partial charge in [0.1, 0.15) is 12.0 Å². The maximum atomic E-state index is 12.7. The lowest BCUT2D eigenvalue weighted by Crippen LogP contribution is -2.47. The predicted octanol–water partition coefficient (Wildman–Crippen LogP) is 2.22. The Balaban J connectivity index is 1.96. The number of nitrogens with one attached hydrogen (secondary N) is 2. The monoisotopic (exact) mass is 422 g/mol. The van der Waals surface area contributed by atoms with Gasteiger partial charge in [0.15, 0.2) is 0 Å². The zero-order chi connectivity index (χ0) is 21.7. The van der Waals surface area contributed by atoms with Gasteiger partial charge in [-0.15, -0.1) is 0 Å². The predicted molar refractivity (Wildman–Crippen MR) is 106 cm³/mol. The van der Waals surface area contributed by atoms with E-state index in [0.717, 1.165) is 0 Å². The van der Waals surface area contributed by atoms with Crippen LogP contribution in [0.2, 0.25) is 0 Å². The zero-order valence-electron chi connectivity index (χ0n) is 16.8. The summed E-state index contributed by atoms with van der Waals surface area (Å²) in [5.74, 6) is -0.510. The highest BCUT2D eigenvalue weighted by atomic mass is 32.2. The van der Waals surface area contributed by atoms with Gasteiger partial charge >= 0.3 is 6.09 Å². The normalized spacial score (nSPS) is 15.4. The summed E-state index contributed by atoms with van der Waals surface area (Å²) in [4.78, 5) is 25.2. The van der Waals surface area contributed by atoms with E-state index in [1.165, 1.54) is 18.2 Å². The minimum absolute atomic E-state index is 0.0156. The summed E-state index contributed by atoms with van der Waals surface area (Å²) in [5, 5.41) is 11.0. The third kappa shape index (κ3) is 7.03. The highest BCUT2D eigenvalue weighted by Gasteiger charge is 2.29. The molecule has 2 amide bonds. The largest absolute Gasteiger partial charge is 0.444 e. The first-order chi connectivity index (χ1) is 13.5. The first kappa shape index (κ1) is 22.6. The van der Waals surface area contributed by atoms with Crippen molar-refractivity contribution in [2.75, 3.05) is 18.4 Å². The Morgan fingerprint density at radius 2 is 1.93 bits per heavy atom. The number of hydrogen-bond donors (Lipinski definition) is 2. The number of ether oxygens (including phenoxy) is 1. The first-order valence-corrected chi connectivity index (χ1v) is 10.8. The molecule has 158 valence electrons. The fourth-order valence-electron chi connectivity index (χ4n) is 2.81. The van der Waals surface area contributed by atoms with Crippen molar-refractivity contribution in [1.29, 1.82) is 5.26 Å². The standard InChI is InChI=1S/C19H26N4O5S/c1-19(2,3)28-18(25)23-11-8-14(9-12-23)22-29(26,27)16-6-4-5-15(13-16)21-17(24)7-10-20/h4-6,13-14,22H,7-9,11-12H2,1-3H3,(H,21,24). The first-order valence-electron chi connectivity index (χ1n) is 9.27. The maximum Gasteiger partial charge on any atom is 0.410 e. The lowest BCUT2D eigenvalue weighted by atomic mass is 10.1. The second-order valence-corrected chi connectivity index (χ2v) is 9.49. The van der Waals surface area contributed by atoms with E-state index in [1.54, 1.807) is 37.8 Å². The van der Waals surface area contributed by atoms with Crippen molar-refractivity contribution >= 4 is 27.7 Å². The summed E-state index contributed by atoms with van der Waals surface area (Å²) >= 11 is 0. The van der Waals surface area contributed by atoms with Gasteiger partial charge in [0.05, 0.1) is 11.0 Å². The van der Waals surface area contributed by atoms with Crippen LogP contribution in [0.15, 0.2) is 29.2 Å². The molecule has 1 aromatic carbocycles. The van der Waals surface area contributed by atoms with Crippen molar-refractivity contribution in [3.63, 3.8) is 0 Å². The number of amides is 2. The number of carbonyl (C=O) groups is 2. The summed E-state index contributed by atoms with van der Waals surface area (Å²) in [6.07, 6.45) is 0.221. The third-order valence-electron chi connectivity index (χ3n) is 4.14. The lowest BCUT2D eigenvalue weighted by Gasteiger charge is -2.33. The van der Waals surface area contributed by atoms with Gasteiger partial charge in [-0.25, -0.2) is 17.9 Å². The van der Waals surface area contributed by atoms with Gasteiger partial charge in [-0.3, -0.25) is 4.79 Å². The molecule has 9 nitrogen and oxygen atoms in total. The fraction of sp³-hybridized carbons (Fsp3) is 0.526. The van der Waals surface area contributed by atoms with Crippen molar-refractivity contribution in [1.82, 2.24) is 9.62 Å². The molecule has 0 saturated carbocycles. The Labute approximate surface area is 171 Å². The summed E-state index contributed by atoms with van der Waals surface area (Å²) in [6.45, 7) is 6.17. The number of rotatable bonds is 5. The number of anilines is 1. The molecule has 1 aromatic rings. The van der Waals surface area contributed by atoms with Crippen LogP contribution in [0.5, 0.6) is 0 Å². The van der Waals surface area contributed by atoms with Crippen LogP contribution in [0.1, 0.15) is 40.0 Å². The average molecular weight is 423 g/mol. The molecule has 0 aromatic heterocycles. The number of benzene rings is 1. The molecule has 10 heteroatoms. The molecule has 2 N–H and O–H groups in total. The lowest BCUT2D eigenvalue weighted by molar-refractivity contribution is -0.115. The van der Waals surface area contributed by atoms with E-state index in [0.29, 0.717) is 31.6 Å². The second-order valence-electron chi connectivity index (χ2n) is 7.77. The Morgan fingerprint density at radius 3 is 2.52 bits per heavy atom. The summed E-state index contributed by atoms with van der Waals surface area (Å²) in [7, 11) is -3.80. The van der Waals surface area contributed by atoms with Crippen LogP contribution in [0.3, 0.4) is 0 Å². The molecular formula is C19H26N4O5S. The molecule has 0 spiro atoms. The number of sulfonamides is 1. The summed E-state index contributed by atoms with van der Waals surface area (Å²) in [5.41, 5.74) is -0.281. The minimum Gasteiger partial charge on any atom is -0.444 e. The molecule has 0 radical (unpaired) electrons. The average Bonchev–Trinajstić information content (AvgIpc) is 2.61. The van der Waals surface area contributed by atoms with E-state index >= 15 is 0 Å². The van der Waals surface area contributed by atoms with Gasteiger partial charge in [0, 0.05) is 24.8 Å². The Hall–Kier alpha value is -2.64. The quantitative estimate of drug-likeness (QED) is 0.749. The Kier molecular flexibility index (Phi) is 7.21. The van der Waals surface area contributed by atoms with Crippen LogP contribution in [0, 0.1) is 11.3 Å². The van der Waals surface area contributed by atoms with E-state index < -0.39 is 27.6 Å². The zero-order valence-corrected chi connectivity index (χ0v) is 17.6. The molecule has 1 fully saturated rings. The van der Waals surface area contributed by atoms with Gasteiger partial charge in [0.25, 0.3) is 0 Å². The van der Waals surface area contributed by atoms with E-state index in [2.05, 4.69) is 10.0 Å². The molecule has 1 heterocycles. The number of nitrogens with zero attached hydrogens (tertiary/aromatic N) is 2. The van der Waals surface area contributed by atoms with Crippen molar-refractivity contribution in [3.8, 4) is 6.07 Å². The van der Waals surface area contributed by atoms with E-state index in [1.807, 2.05) is 0 Å². The van der Waals surface area contributed by atoms with Crippen LogP contribution in [0.4, 0.5) is 10.5 Å². The topological polar surface area (TPSA) is 129 Å². The number of hydrogen-bond acceptors (Lipinski definition) is 6. The van der Waals surface area contributed by atoms with Gasteiger partial charge < -0.3 is 15.0 Å².